The van der Waals surface area contributed by atoms with E-state index in [-0.39, 0.29) is 0 Å². The van der Waals surface area contributed by atoms with E-state index < -0.39 is 11.9 Å². The van der Waals surface area contributed by atoms with E-state index in [0.29, 0.717) is 23.1 Å². The van der Waals surface area contributed by atoms with Crippen molar-refractivity contribution in [2.24, 2.45) is 0 Å². The van der Waals surface area contributed by atoms with Crippen LogP contribution in [0, 0.1) is 0 Å². The van der Waals surface area contributed by atoms with E-state index in [4.69, 9.17) is 21.4 Å². The van der Waals surface area contributed by atoms with Crippen LogP contribution in [0.1, 0.15) is 5.56 Å². The van der Waals surface area contributed by atoms with Gasteiger partial charge in [-0.3, -0.25) is 4.79 Å². The first-order valence-corrected chi connectivity index (χ1v) is 6.44. The van der Waals surface area contributed by atoms with Gasteiger partial charge in [0.1, 0.15) is 12.4 Å². The summed E-state index contributed by atoms with van der Waals surface area (Å²) in [6, 6.07) is 13.7. The predicted octanol–water partition coefficient (Wildman–Crippen LogP) is 2.94. The minimum absolute atomic E-state index is 0.387. The lowest BCUT2D eigenvalue weighted by Gasteiger charge is -2.07. The number of carboxylic acid groups (broad SMARTS) is 1. The molecule has 2 aromatic carbocycles. The molecule has 2 N–H and O–H groups in total. The van der Waals surface area contributed by atoms with Gasteiger partial charge in [-0.25, -0.2) is 4.79 Å². The Bertz CT molecular complexity index is 638. The maximum absolute atomic E-state index is 11.0. The van der Waals surface area contributed by atoms with E-state index in [2.05, 4.69) is 5.32 Å². The number of anilines is 1. The number of carbonyl (C=O) groups is 2. The Morgan fingerprint density at radius 3 is 2.24 bits per heavy atom. The second-order valence-corrected chi connectivity index (χ2v) is 4.64. The monoisotopic (exact) mass is 305 g/mol. The van der Waals surface area contributed by atoms with Crippen LogP contribution in [-0.4, -0.2) is 17.0 Å². The second-order valence-electron chi connectivity index (χ2n) is 4.20. The quantitative estimate of drug-likeness (QED) is 0.852. The van der Waals surface area contributed by atoms with Crippen molar-refractivity contribution in [2.45, 2.75) is 6.61 Å². The van der Waals surface area contributed by atoms with E-state index in [0.717, 1.165) is 5.56 Å². The summed E-state index contributed by atoms with van der Waals surface area (Å²) >= 11 is 5.79. The minimum atomic E-state index is -1.53. The van der Waals surface area contributed by atoms with Crippen LogP contribution >= 0.6 is 11.6 Å². The predicted molar refractivity (Wildman–Crippen MR) is 78.5 cm³/mol. The van der Waals surface area contributed by atoms with Gasteiger partial charge in [-0.05, 0) is 42.0 Å². The molecule has 6 heteroatoms. The van der Waals surface area contributed by atoms with Crippen LogP contribution < -0.4 is 10.1 Å². The van der Waals surface area contributed by atoms with Crippen molar-refractivity contribution in [3.05, 3.63) is 59.1 Å². The lowest BCUT2D eigenvalue weighted by Crippen LogP contribution is -2.21. The smallest absolute Gasteiger partial charge is 0.394 e. The number of ether oxygens (including phenoxy) is 1. The topological polar surface area (TPSA) is 75.6 Å². The summed E-state index contributed by atoms with van der Waals surface area (Å²) in [6.07, 6.45) is 0. The molecule has 0 aliphatic carbocycles. The number of benzene rings is 2. The molecule has 21 heavy (non-hydrogen) atoms. The van der Waals surface area contributed by atoms with Gasteiger partial charge >= 0.3 is 11.9 Å². The lowest BCUT2D eigenvalue weighted by atomic mass is 10.2. The molecule has 2 aromatic rings. The van der Waals surface area contributed by atoms with E-state index in [9.17, 15) is 9.59 Å². The van der Waals surface area contributed by atoms with E-state index in [1.54, 1.807) is 36.4 Å². The van der Waals surface area contributed by atoms with Crippen LogP contribution in [0.4, 0.5) is 5.69 Å². The van der Waals surface area contributed by atoms with Crippen LogP contribution in [0.3, 0.4) is 0 Å². The molecule has 0 spiro atoms. The van der Waals surface area contributed by atoms with Gasteiger partial charge < -0.3 is 15.2 Å². The molecule has 1 amide bonds. The lowest BCUT2D eigenvalue weighted by molar-refractivity contribution is -0.147. The Labute approximate surface area is 126 Å². The van der Waals surface area contributed by atoms with Crippen molar-refractivity contribution in [2.75, 3.05) is 5.32 Å². The van der Waals surface area contributed by atoms with Crippen molar-refractivity contribution < 1.29 is 19.4 Å². The molecule has 5 nitrogen and oxygen atoms in total. The Morgan fingerprint density at radius 2 is 1.67 bits per heavy atom. The van der Waals surface area contributed by atoms with Gasteiger partial charge in [0.05, 0.1) is 0 Å². The number of carbonyl (C=O) groups excluding carboxylic acids is 1. The highest BCUT2D eigenvalue weighted by atomic mass is 35.5. The summed E-state index contributed by atoms with van der Waals surface area (Å²) in [5.41, 5.74) is 1.36. The third-order valence-corrected chi connectivity index (χ3v) is 2.88. The summed E-state index contributed by atoms with van der Waals surface area (Å²) in [5, 5.41) is 11.4. The van der Waals surface area contributed by atoms with Crippen LogP contribution in [0.15, 0.2) is 48.5 Å². The minimum Gasteiger partial charge on any atom is -0.489 e. The van der Waals surface area contributed by atoms with E-state index in [1.807, 2.05) is 12.1 Å². The van der Waals surface area contributed by atoms with E-state index in [1.165, 1.54) is 0 Å². The standard InChI is InChI=1S/C15H12ClNO4/c16-11-3-1-10(2-4-11)9-21-13-7-5-12(6-8-13)17-14(18)15(19)20/h1-8H,9H2,(H,17,18)(H,19,20). The maximum Gasteiger partial charge on any atom is 0.394 e. The molecule has 0 aliphatic rings. The molecule has 0 saturated heterocycles. The van der Waals surface area contributed by atoms with Gasteiger partial charge in [0, 0.05) is 10.7 Å². The number of rotatable bonds is 4. The Balaban J connectivity index is 1.91. The zero-order valence-corrected chi connectivity index (χ0v) is 11.6. The van der Waals surface area contributed by atoms with Gasteiger partial charge in [-0.15, -0.1) is 0 Å². The number of hydrogen-bond donors (Lipinski definition) is 2. The summed E-state index contributed by atoms with van der Waals surface area (Å²) in [4.78, 5) is 21.4. The molecule has 0 atom stereocenters. The Morgan fingerprint density at radius 1 is 1.05 bits per heavy atom. The number of nitrogens with one attached hydrogen (secondary N) is 1. The molecule has 0 aliphatic heterocycles. The van der Waals surface area contributed by atoms with Gasteiger partial charge in [-0.1, -0.05) is 23.7 Å². The first-order valence-electron chi connectivity index (χ1n) is 6.06. The van der Waals surface area contributed by atoms with Crippen LogP contribution in [-0.2, 0) is 16.2 Å². The third-order valence-electron chi connectivity index (χ3n) is 2.63. The van der Waals surface area contributed by atoms with Crippen molar-refractivity contribution in [3.8, 4) is 5.75 Å². The number of hydrogen-bond acceptors (Lipinski definition) is 3. The van der Waals surface area contributed by atoms with Gasteiger partial charge in [0.15, 0.2) is 0 Å². The molecular weight excluding hydrogens is 294 g/mol. The molecule has 2 rings (SSSR count). The molecule has 0 saturated carbocycles. The highest BCUT2D eigenvalue weighted by Gasteiger charge is 2.10. The fourth-order valence-corrected chi connectivity index (χ4v) is 1.69. The first kappa shape index (κ1) is 14.9. The van der Waals surface area contributed by atoms with Gasteiger partial charge in [-0.2, -0.15) is 0 Å². The number of carboxylic acids is 1. The van der Waals surface area contributed by atoms with Gasteiger partial charge in [0.25, 0.3) is 0 Å². The zero-order valence-electron chi connectivity index (χ0n) is 10.9. The first-order chi connectivity index (χ1) is 10.0. The normalized spacial score (nSPS) is 9.95. The van der Waals surface area contributed by atoms with Gasteiger partial charge in [0.2, 0.25) is 0 Å². The zero-order chi connectivity index (χ0) is 15.2. The van der Waals surface area contributed by atoms with Crippen LogP contribution in [0.2, 0.25) is 5.02 Å². The van der Waals surface area contributed by atoms with Crippen LogP contribution in [0.25, 0.3) is 0 Å². The maximum atomic E-state index is 11.0. The number of halogens is 1. The third kappa shape index (κ3) is 4.50. The van der Waals surface area contributed by atoms with Crippen LogP contribution in [0.5, 0.6) is 5.75 Å². The van der Waals surface area contributed by atoms with E-state index >= 15 is 0 Å². The largest absolute Gasteiger partial charge is 0.489 e. The number of amides is 1. The fourth-order valence-electron chi connectivity index (χ4n) is 1.57. The van der Waals surface area contributed by atoms with Crippen molar-refractivity contribution >= 4 is 29.2 Å². The average Bonchev–Trinajstić information content (AvgIpc) is 2.48. The molecular formula is C15H12ClNO4. The molecule has 0 aromatic heterocycles. The molecule has 0 heterocycles. The number of aliphatic carboxylic acids is 1. The highest BCUT2D eigenvalue weighted by Crippen LogP contribution is 2.17. The Hall–Kier alpha value is -2.53. The molecule has 0 radical (unpaired) electrons. The summed E-state index contributed by atoms with van der Waals surface area (Å²) in [6.45, 7) is 0.387. The summed E-state index contributed by atoms with van der Waals surface area (Å²) < 4.78 is 5.57. The summed E-state index contributed by atoms with van der Waals surface area (Å²) in [7, 11) is 0. The average molecular weight is 306 g/mol. The van der Waals surface area contributed by atoms with Crippen molar-refractivity contribution in [1.82, 2.24) is 0 Å². The molecule has 0 bridgehead atoms. The highest BCUT2D eigenvalue weighted by molar-refractivity contribution is 6.36. The molecule has 108 valence electrons. The molecule has 0 unspecified atom stereocenters. The summed E-state index contributed by atoms with van der Waals surface area (Å²) in [5.74, 6) is -2.00. The second kappa shape index (κ2) is 6.76. The Kier molecular flexibility index (Phi) is 4.79. The van der Waals surface area contributed by atoms with Crippen molar-refractivity contribution in [3.63, 3.8) is 0 Å². The molecule has 0 fully saturated rings. The van der Waals surface area contributed by atoms with Crippen molar-refractivity contribution in [1.29, 1.82) is 0 Å². The fraction of sp³-hybridized carbons (Fsp3) is 0.0667. The SMILES string of the molecule is O=C(O)C(=O)Nc1ccc(OCc2ccc(Cl)cc2)cc1.